The Morgan fingerprint density at radius 2 is 2.07 bits per heavy atom. The van der Waals surface area contributed by atoms with Crippen LogP contribution >= 0.6 is 27.3 Å². The Bertz CT molecular complexity index is 438. The van der Waals surface area contributed by atoms with Gasteiger partial charge in [0.2, 0.25) is 5.95 Å². The van der Waals surface area contributed by atoms with Crippen molar-refractivity contribution < 1.29 is 0 Å². The summed E-state index contributed by atoms with van der Waals surface area (Å²) in [6, 6.07) is 4.08. The van der Waals surface area contributed by atoms with Crippen LogP contribution < -0.4 is 5.32 Å². The van der Waals surface area contributed by atoms with Crippen molar-refractivity contribution in [2.75, 3.05) is 11.9 Å². The number of anilines is 1. The third kappa shape index (κ3) is 2.54. The van der Waals surface area contributed by atoms with Gasteiger partial charge in [0, 0.05) is 29.4 Å². The van der Waals surface area contributed by atoms with Gasteiger partial charge in [-0.05, 0) is 35.0 Å². The summed E-state index contributed by atoms with van der Waals surface area (Å²) in [6.45, 7) is 2.86. The molecule has 0 spiro atoms. The molecule has 3 nitrogen and oxygen atoms in total. The molecule has 2 heterocycles. The summed E-state index contributed by atoms with van der Waals surface area (Å²) in [5.41, 5.74) is 1.05. The van der Waals surface area contributed by atoms with Crippen LogP contribution in [-0.2, 0) is 0 Å². The van der Waals surface area contributed by atoms with E-state index in [1.807, 2.05) is 25.4 Å². The van der Waals surface area contributed by atoms with E-state index < -0.39 is 0 Å². The molecule has 0 amide bonds. The Kier molecular flexibility index (Phi) is 3.33. The van der Waals surface area contributed by atoms with E-state index >= 15 is 0 Å². The summed E-state index contributed by atoms with van der Waals surface area (Å²) < 4.78 is 1.12. The van der Waals surface area contributed by atoms with Crippen molar-refractivity contribution in [3.05, 3.63) is 28.3 Å². The fourth-order valence-corrected chi connectivity index (χ4v) is 2.53. The van der Waals surface area contributed by atoms with Crippen LogP contribution in [0.15, 0.2) is 28.3 Å². The third-order valence-electron chi connectivity index (χ3n) is 1.84. The molecule has 0 fully saturated rings. The predicted molar refractivity (Wildman–Crippen MR) is 67.2 cm³/mol. The molecule has 0 unspecified atom stereocenters. The molecular formula is C10H10BrN3S. The normalized spacial score (nSPS) is 10.3. The molecule has 2 rings (SSSR count). The first-order valence-corrected chi connectivity index (χ1v) is 6.22. The van der Waals surface area contributed by atoms with Gasteiger partial charge >= 0.3 is 0 Å². The van der Waals surface area contributed by atoms with Crippen LogP contribution in [0, 0.1) is 0 Å². The highest BCUT2D eigenvalue weighted by Crippen LogP contribution is 2.30. The highest BCUT2D eigenvalue weighted by atomic mass is 79.9. The van der Waals surface area contributed by atoms with Gasteiger partial charge in [-0.3, -0.25) is 0 Å². The Hall–Kier alpha value is -0.940. The van der Waals surface area contributed by atoms with Crippen LogP contribution in [0.3, 0.4) is 0 Å². The molecule has 0 aliphatic heterocycles. The van der Waals surface area contributed by atoms with Gasteiger partial charge < -0.3 is 5.32 Å². The maximum atomic E-state index is 4.22. The topological polar surface area (TPSA) is 37.8 Å². The molecular weight excluding hydrogens is 274 g/mol. The molecule has 0 radical (unpaired) electrons. The number of nitrogens with zero attached hydrogens (tertiary/aromatic N) is 2. The minimum absolute atomic E-state index is 0.678. The molecule has 0 aliphatic rings. The van der Waals surface area contributed by atoms with Crippen LogP contribution in [0.2, 0.25) is 0 Å². The Labute approximate surface area is 101 Å². The number of nitrogens with one attached hydrogen (secondary N) is 1. The van der Waals surface area contributed by atoms with Crippen LogP contribution in [0.25, 0.3) is 10.4 Å². The summed E-state index contributed by atoms with van der Waals surface area (Å²) in [4.78, 5) is 9.62. The number of hydrogen-bond acceptors (Lipinski definition) is 4. The summed E-state index contributed by atoms with van der Waals surface area (Å²) in [7, 11) is 0. The zero-order valence-corrected chi connectivity index (χ0v) is 10.6. The monoisotopic (exact) mass is 283 g/mol. The zero-order chi connectivity index (χ0) is 10.7. The summed E-state index contributed by atoms with van der Waals surface area (Å²) >= 11 is 5.11. The fourth-order valence-electron chi connectivity index (χ4n) is 1.17. The van der Waals surface area contributed by atoms with E-state index in [1.165, 1.54) is 4.88 Å². The maximum absolute atomic E-state index is 4.22. The van der Waals surface area contributed by atoms with Crippen molar-refractivity contribution in [2.45, 2.75) is 6.92 Å². The van der Waals surface area contributed by atoms with Crippen molar-refractivity contribution in [3.63, 3.8) is 0 Å². The Balaban J connectivity index is 2.23. The smallest absolute Gasteiger partial charge is 0.222 e. The molecule has 15 heavy (non-hydrogen) atoms. The lowest BCUT2D eigenvalue weighted by Gasteiger charge is -2.01. The van der Waals surface area contributed by atoms with Gasteiger partial charge in [0.1, 0.15) is 0 Å². The zero-order valence-electron chi connectivity index (χ0n) is 8.20. The standard InChI is InChI=1S/C10H10BrN3S/c1-2-12-10-13-5-7(6-14-10)8-3-4-9(11)15-8/h3-6H,2H2,1H3,(H,12,13,14). The number of hydrogen-bond donors (Lipinski definition) is 1. The van der Waals surface area contributed by atoms with Crippen molar-refractivity contribution in [1.29, 1.82) is 0 Å². The van der Waals surface area contributed by atoms with E-state index in [4.69, 9.17) is 0 Å². The SMILES string of the molecule is CCNc1ncc(-c2ccc(Br)s2)cn1. The minimum Gasteiger partial charge on any atom is -0.355 e. The molecule has 0 aliphatic carbocycles. The predicted octanol–water partition coefficient (Wildman–Crippen LogP) is 3.40. The fraction of sp³-hybridized carbons (Fsp3) is 0.200. The lowest BCUT2D eigenvalue weighted by Crippen LogP contribution is -2.01. The van der Waals surface area contributed by atoms with E-state index in [2.05, 4.69) is 37.3 Å². The highest BCUT2D eigenvalue weighted by Gasteiger charge is 2.02. The van der Waals surface area contributed by atoms with Gasteiger partial charge in [-0.2, -0.15) is 0 Å². The molecule has 5 heteroatoms. The number of halogens is 1. The third-order valence-corrected chi connectivity index (χ3v) is 3.52. The van der Waals surface area contributed by atoms with Crippen LogP contribution in [0.4, 0.5) is 5.95 Å². The quantitative estimate of drug-likeness (QED) is 0.938. The second-order valence-electron chi connectivity index (χ2n) is 2.93. The van der Waals surface area contributed by atoms with Crippen LogP contribution in [-0.4, -0.2) is 16.5 Å². The van der Waals surface area contributed by atoms with Gasteiger partial charge in [-0.15, -0.1) is 11.3 Å². The van der Waals surface area contributed by atoms with Crippen LogP contribution in [0.5, 0.6) is 0 Å². The summed E-state index contributed by atoms with van der Waals surface area (Å²) in [6.07, 6.45) is 3.67. The summed E-state index contributed by atoms with van der Waals surface area (Å²) in [5, 5.41) is 3.06. The average Bonchev–Trinajstić information content (AvgIpc) is 2.67. The second-order valence-corrected chi connectivity index (χ2v) is 5.39. The molecule has 0 atom stereocenters. The largest absolute Gasteiger partial charge is 0.355 e. The average molecular weight is 284 g/mol. The van der Waals surface area contributed by atoms with Gasteiger partial charge in [-0.1, -0.05) is 0 Å². The van der Waals surface area contributed by atoms with Crippen molar-refractivity contribution in [1.82, 2.24) is 9.97 Å². The van der Waals surface area contributed by atoms with Gasteiger partial charge in [-0.25, -0.2) is 9.97 Å². The number of aromatic nitrogens is 2. The molecule has 0 saturated carbocycles. The molecule has 0 aromatic carbocycles. The van der Waals surface area contributed by atoms with E-state index in [1.54, 1.807) is 11.3 Å². The molecule has 78 valence electrons. The number of thiophene rings is 1. The van der Waals surface area contributed by atoms with Crippen molar-refractivity contribution >= 4 is 33.2 Å². The van der Waals surface area contributed by atoms with Gasteiger partial charge in [0.15, 0.2) is 0 Å². The van der Waals surface area contributed by atoms with Crippen molar-refractivity contribution in [2.24, 2.45) is 0 Å². The first kappa shape index (κ1) is 10.6. The molecule has 0 saturated heterocycles. The molecule has 0 bridgehead atoms. The first-order chi connectivity index (χ1) is 7.29. The lowest BCUT2D eigenvalue weighted by atomic mass is 10.3. The molecule has 1 N–H and O–H groups in total. The summed E-state index contributed by atoms with van der Waals surface area (Å²) in [5.74, 6) is 0.678. The van der Waals surface area contributed by atoms with E-state index in [0.717, 1.165) is 15.9 Å². The van der Waals surface area contributed by atoms with E-state index in [0.29, 0.717) is 5.95 Å². The van der Waals surface area contributed by atoms with Crippen molar-refractivity contribution in [3.8, 4) is 10.4 Å². The molecule has 2 aromatic heterocycles. The second kappa shape index (κ2) is 4.72. The number of rotatable bonds is 3. The minimum atomic E-state index is 0.678. The maximum Gasteiger partial charge on any atom is 0.222 e. The first-order valence-electron chi connectivity index (χ1n) is 4.61. The van der Waals surface area contributed by atoms with Crippen LogP contribution in [0.1, 0.15) is 6.92 Å². The Morgan fingerprint density at radius 3 is 2.60 bits per heavy atom. The van der Waals surface area contributed by atoms with Gasteiger partial charge in [0.05, 0.1) is 3.79 Å². The highest BCUT2D eigenvalue weighted by molar-refractivity contribution is 9.11. The lowest BCUT2D eigenvalue weighted by molar-refractivity contribution is 1.09. The van der Waals surface area contributed by atoms with Gasteiger partial charge in [0.25, 0.3) is 0 Å². The molecule has 2 aromatic rings. The van der Waals surface area contributed by atoms with E-state index in [9.17, 15) is 0 Å². The Morgan fingerprint density at radius 1 is 1.33 bits per heavy atom. The van der Waals surface area contributed by atoms with E-state index in [-0.39, 0.29) is 0 Å².